The van der Waals surface area contributed by atoms with Gasteiger partial charge in [0.15, 0.2) is 0 Å². The van der Waals surface area contributed by atoms with Crippen molar-refractivity contribution in [3.05, 3.63) is 68.9 Å². The molecule has 0 bridgehead atoms. The maximum Gasteiger partial charge on any atom is 0.271 e. The molecule has 0 aliphatic heterocycles. The Bertz CT molecular complexity index is 949. The first-order valence-electron chi connectivity index (χ1n) is 7.14. The summed E-state index contributed by atoms with van der Waals surface area (Å²) in [4.78, 5) is 22.4. The van der Waals surface area contributed by atoms with Crippen LogP contribution in [0.15, 0.2) is 47.1 Å². The van der Waals surface area contributed by atoms with Gasteiger partial charge in [-0.3, -0.25) is 14.9 Å². The number of anilines is 1. The molecule has 1 aromatic heterocycles. The Morgan fingerprint density at radius 2 is 2.08 bits per heavy atom. The van der Waals surface area contributed by atoms with Crippen molar-refractivity contribution >= 4 is 39.9 Å². The third-order valence-corrected chi connectivity index (χ3v) is 3.91. The molecule has 0 aliphatic carbocycles. The molecular formula is C17H13ClN2O4. The minimum Gasteiger partial charge on any atom is -0.464 e. The summed E-state index contributed by atoms with van der Waals surface area (Å²) >= 11 is 5.97. The number of rotatable bonds is 4. The molecule has 0 spiro atoms. The highest BCUT2D eigenvalue weighted by molar-refractivity contribution is 6.34. The van der Waals surface area contributed by atoms with Gasteiger partial charge in [-0.25, -0.2) is 0 Å². The number of amides is 1. The second-order valence-electron chi connectivity index (χ2n) is 5.41. The molecule has 3 rings (SSSR count). The van der Waals surface area contributed by atoms with E-state index in [1.165, 1.54) is 18.2 Å². The number of nitro benzene ring substituents is 1. The molecule has 2 aromatic carbocycles. The Morgan fingerprint density at radius 1 is 1.29 bits per heavy atom. The Balaban J connectivity index is 1.76. The third kappa shape index (κ3) is 3.23. The van der Waals surface area contributed by atoms with E-state index in [2.05, 4.69) is 5.32 Å². The fraction of sp³-hybridized carbons (Fsp3) is 0.118. The Morgan fingerprint density at radius 3 is 2.79 bits per heavy atom. The van der Waals surface area contributed by atoms with Gasteiger partial charge in [0.25, 0.3) is 5.69 Å². The SMILES string of the molecule is Cc1ccc2c(CC(=O)Nc3ccc([N+](=O)[O-])cc3Cl)coc2c1. The number of nitro groups is 1. The minimum absolute atomic E-state index is 0.114. The quantitative estimate of drug-likeness (QED) is 0.558. The van der Waals surface area contributed by atoms with Crippen molar-refractivity contribution in [2.45, 2.75) is 13.3 Å². The normalized spacial score (nSPS) is 10.8. The minimum atomic E-state index is -0.545. The molecule has 7 heteroatoms. The van der Waals surface area contributed by atoms with E-state index in [9.17, 15) is 14.9 Å². The molecule has 1 N–H and O–H groups in total. The topological polar surface area (TPSA) is 85.4 Å². The molecule has 1 amide bonds. The zero-order valence-electron chi connectivity index (χ0n) is 12.7. The average Bonchev–Trinajstić information content (AvgIpc) is 2.91. The number of hydrogen-bond donors (Lipinski definition) is 1. The smallest absolute Gasteiger partial charge is 0.271 e. The average molecular weight is 345 g/mol. The highest BCUT2D eigenvalue weighted by Gasteiger charge is 2.14. The molecule has 0 radical (unpaired) electrons. The van der Waals surface area contributed by atoms with Gasteiger partial charge in [0.05, 0.1) is 28.3 Å². The molecule has 0 fully saturated rings. The van der Waals surface area contributed by atoms with Gasteiger partial charge < -0.3 is 9.73 Å². The number of non-ortho nitro benzene ring substituents is 1. The molecule has 3 aromatic rings. The maximum atomic E-state index is 12.2. The van der Waals surface area contributed by atoms with Crippen molar-refractivity contribution in [2.75, 3.05) is 5.32 Å². The van der Waals surface area contributed by atoms with E-state index < -0.39 is 4.92 Å². The number of nitrogens with one attached hydrogen (secondary N) is 1. The van der Waals surface area contributed by atoms with E-state index in [0.29, 0.717) is 5.69 Å². The Hall–Kier alpha value is -2.86. The number of halogens is 1. The summed E-state index contributed by atoms with van der Waals surface area (Å²) in [5.74, 6) is -0.283. The van der Waals surface area contributed by atoms with Crippen LogP contribution in [0.5, 0.6) is 0 Å². The number of aryl methyl sites for hydroxylation is 1. The zero-order chi connectivity index (χ0) is 17.3. The predicted molar refractivity (Wildman–Crippen MR) is 91.4 cm³/mol. The lowest BCUT2D eigenvalue weighted by Crippen LogP contribution is -2.14. The summed E-state index contributed by atoms with van der Waals surface area (Å²) in [6, 6.07) is 9.67. The molecule has 6 nitrogen and oxygen atoms in total. The van der Waals surface area contributed by atoms with Crippen molar-refractivity contribution in [3.63, 3.8) is 0 Å². The molecule has 0 saturated heterocycles. The van der Waals surface area contributed by atoms with Gasteiger partial charge in [0.1, 0.15) is 5.58 Å². The number of furan rings is 1. The summed E-state index contributed by atoms with van der Waals surface area (Å²) in [5.41, 5.74) is 2.77. The lowest BCUT2D eigenvalue weighted by Gasteiger charge is -2.06. The third-order valence-electron chi connectivity index (χ3n) is 3.60. The van der Waals surface area contributed by atoms with Gasteiger partial charge in [0.2, 0.25) is 5.91 Å². The van der Waals surface area contributed by atoms with Crippen LogP contribution in [0.3, 0.4) is 0 Å². The van der Waals surface area contributed by atoms with E-state index >= 15 is 0 Å². The standard InChI is InChI=1S/C17H13ClN2O4/c1-10-2-4-13-11(9-24-16(13)6-10)7-17(21)19-15-5-3-12(20(22)23)8-14(15)18/h2-6,8-9H,7H2,1H3,(H,19,21). The van der Waals surface area contributed by atoms with Crippen LogP contribution in [0.2, 0.25) is 5.02 Å². The van der Waals surface area contributed by atoms with Crippen LogP contribution in [-0.4, -0.2) is 10.8 Å². The monoisotopic (exact) mass is 344 g/mol. The zero-order valence-corrected chi connectivity index (χ0v) is 13.5. The first-order valence-corrected chi connectivity index (χ1v) is 7.52. The second kappa shape index (κ2) is 6.33. The van der Waals surface area contributed by atoms with Crippen molar-refractivity contribution in [1.29, 1.82) is 0 Å². The molecule has 0 saturated carbocycles. The number of nitrogens with zero attached hydrogens (tertiary/aromatic N) is 1. The Kier molecular flexibility index (Phi) is 4.22. The fourth-order valence-electron chi connectivity index (χ4n) is 2.41. The summed E-state index contributed by atoms with van der Waals surface area (Å²) in [6.45, 7) is 1.96. The molecule has 0 atom stereocenters. The predicted octanol–water partition coefficient (Wildman–Crippen LogP) is 4.48. The molecule has 0 aliphatic rings. The fourth-order valence-corrected chi connectivity index (χ4v) is 2.64. The van der Waals surface area contributed by atoms with Crippen LogP contribution in [0.1, 0.15) is 11.1 Å². The summed E-state index contributed by atoms with van der Waals surface area (Å²) < 4.78 is 5.47. The summed E-state index contributed by atoms with van der Waals surface area (Å²) in [5, 5.41) is 14.3. The van der Waals surface area contributed by atoms with E-state index in [1.54, 1.807) is 6.26 Å². The second-order valence-corrected chi connectivity index (χ2v) is 5.81. The number of carbonyl (C=O) groups is 1. The molecular weight excluding hydrogens is 332 g/mol. The van der Waals surface area contributed by atoms with E-state index in [4.69, 9.17) is 16.0 Å². The molecule has 122 valence electrons. The van der Waals surface area contributed by atoms with Gasteiger partial charge in [-0.2, -0.15) is 0 Å². The van der Waals surface area contributed by atoms with Crippen molar-refractivity contribution < 1.29 is 14.1 Å². The van der Waals surface area contributed by atoms with Gasteiger partial charge in [-0.05, 0) is 24.6 Å². The van der Waals surface area contributed by atoms with Gasteiger partial charge in [-0.1, -0.05) is 23.7 Å². The highest BCUT2D eigenvalue weighted by Crippen LogP contribution is 2.27. The maximum absolute atomic E-state index is 12.2. The lowest BCUT2D eigenvalue weighted by atomic mass is 10.1. The van der Waals surface area contributed by atoms with Crippen LogP contribution in [0, 0.1) is 17.0 Å². The first-order chi connectivity index (χ1) is 11.4. The first kappa shape index (κ1) is 16.0. The summed E-state index contributed by atoms with van der Waals surface area (Å²) in [6.07, 6.45) is 1.67. The van der Waals surface area contributed by atoms with Crippen LogP contribution in [0.4, 0.5) is 11.4 Å². The largest absolute Gasteiger partial charge is 0.464 e. The van der Waals surface area contributed by atoms with Crippen LogP contribution in [0.25, 0.3) is 11.0 Å². The molecule has 24 heavy (non-hydrogen) atoms. The van der Waals surface area contributed by atoms with Crippen molar-refractivity contribution in [1.82, 2.24) is 0 Å². The van der Waals surface area contributed by atoms with Gasteiger partial charge >= 0.3 is 0 Å². The Labute approximate surface area is 142 Å². The van der Waals surface area contributed by atoms with Gasteiger partial charge in [0, 0.05) is 23.1 Å². The number of fused-ring (bicyclic) bond motifs is 1. The van der Waals surface area contributed by atoms with E-state index in [0.717, 1.165) is 22.1 Å². The lowest BCUT2D eigenvalue weighted by molar-refractivity contribution is -0.384. The molecule has 0 unspecified atom stereocenters. The van der Waals surface area contributed by atoms with Crippen LogP contribution in [-0.2, 0) is 11.2 Å². The molecule has 1 heterocycles. The van der Waals surface area contributed by atoms with Crippen LogP contribution < -0.4 is 5.32 Å². The van der Waals surface area contributed by atoms with Gasteiger partial charge in [-0.15, -0.1) is 0 Å². The number of carbonyl (C=O) groups excluding carboxylic acids is 1. The number of hydrogen-bond acceptors (Lipinski definition) is 4. The number of benzene rings is 2. The van der Waals surface area contributed by atoms with E-state index in [-0.39, 0.29) is 23.0 Å². The van der Waals surface area contributed by atoms with Crippen LogP contribution >= 0.6 is 11.6 Å². The van der Waals surface area contributed by atoms with Crippen molar-refractivity contribution in [2.24, 2.45) is 0 Å². The highest BCUT2D eigenvalue weighted by atomic mass is 35.5. The van der Waals surface area contributed by atoms with Crippen molar-refractivity contribution in [3.8, 4) is 0 Å². The van der Waals surface area contributed by atoms with E-state index in [1.807, 2.05) is 25.1 Å². The summed E-state index contributed by atoms with van der Waals surface area (Å²) in [7, 11) is 0.